The molecule has 1 saturated carbocycles. The molecule has 0 radical (unpaired) electrons. The number of nitrogen functional groups attached to an aromatic ring is 2. The molecule has 0 unspecified atom stereocenters. The van der Waals surface area contributed by atoms with Crippen molar-refractivity contribution in [2.75, 3.05) is 11.5 Å². The van der Waals surface area contributed by atoms with Crippen molar-refractivity contribution in [1.29, 1.82) is 0 Å². The van der Waals surface area contributed by atoms with Crippen LogP contribution in [0.15, 0.2) is 53.3 Å². The lowest BCUT2D eigenvalue weighted by Crippen LogP contribution is -2.42. The number of aryl methyl sites for hydroxylation is 1. The van der Waals surface area contributed by atoms with Gasteiger partial charge < -0.3 is 26.2 Å². The van der Waals surface area contributed by atoms with Gasteiger partial charge in [0.2, 0.25) is 6.43 Å². The van der Waals surface area contributed by atoms with E-state index >= 15 is 0 Å². The molecule has 4 atom stereocenters. The Hall–Kier alpha value is -2.82. The Morgan fingerprint density at radius 1 is 1.18 bits per heavy atom. The number of aliphatic hydroxyl groups is 2. The number of fused-ring (bicyclic) bond motifs is 2. The second-order valence-electron chi connectivity index (χ2n) is 8.98. The first-order chi connectivity index (χ1) is 16.2. The zero-order valence-corrected chi connectivity index (χ0v) is 19.7. The van der Waals surface area contributed by atoms with E-state index in [0.717, 1.165) is 10.9 Å². The number of alkyl halides is 2. The molecule has 1 aliphatic carbocycles. The molecule has 1 aromatic carbocycles. The largest absolute Gasteiger partial charge is 0.398 e. The summed E-state index contributed by atoms with van der Waals surface area (Å²) in [6.45, 7) is 0. The molecule has 4 aromatic rings. The number of hydrogen-bond acceptors (Lipinski definition) is 6. The topological polar surface area (TPSA) is 123 Å². The Balaban J connectivity index is 1.45. The summed E-state index contributed by atoms with van der Waals surface area (Å²) in [5.74, 6) is 0.346. The summed E-state index contributed by atoms with van der Waals surface area (Å²) in [4.78, 5) is 8.67. The highest BCUT2D eigenvalue weighted by atomic mass is 79.9. The van der Waals surface area contributed by atoms with Gasteiger partial charge in [-0.05, 0) is 65.0 Å². The Labute approximate surface area is 202 Å². The highest BCUT2D eigenvalue weighted by Gasteiger charge is 2.58. The molecule has 0 amide bonds. The number of aliphatic hydroxyl groups excluding tert-OH is 2. The second-order valence-corrected chi connectivity index (χ2v) is 9.84. The molecule has 0 aliphatic heterocycles. The zero-order valence-electron chi connectivity index (χ0n) is 18.1. The van der Waals surface area contributed by atoms with Crippen molar-refractivity contribution in [3.63, 3.8) is 0 Å². The molecule has 3 aromatic heterocycles. The summed E-state index contributed by atoms with van der Waals surface area (Å²) < 4.78 is 31.4. The Morgan fingerprint density at radius 2 is 1.97 bits per heavy atom. The minimum absolute atomic E-state index is 0.00826. The minimum Gasteiger partial charge on any atom is -0.398 e. The lowest BCUT2D eigenvalue weighted by atomic mass is 9.78. The van der Waals surface area contributed by atoms with Gasteiger partial charge >= 0.3 is 0 Å². The van der Waals surface area contributed by atoms with Crippen LogP contribution in [0.3, 0.4) is 0 Å². The van der Waals surface area contributed by atoms with Gasteiger partial charge in [0.05, 0.1) is 27.6 Å². The van der Waals surface area contributed by atoms with Crippen LogP contribution in [-0.4, -0.2) is 43.4 Å². The molecule has 1 aliphatic rings. The fourth-order valence-electron chi connectivity index (χ4n) is 5.10. The van der Waals surface area contributed by atoms with E-state index in [1.54, 1.807) is 22.9 Å². The van der Waals surface area contributed by atoms with Crippen LogP contribution in [0.25, 0.3) is 21.9 Å². The number of aromatic nitrogens is 3. The molecular formula is C24H24BrF2N5O2. The summed E-state index contributed by atoms with van der Waals surface area (Å²) in [5, 5.41) is 23.3. The van der Waals surface area contributed by atoms with Gasteiger partial charge in [0.1, 0.15) is 17.6 Å². The van der Waals surface area contributed by atoms with Crippen molar-refractivity contribution in [2.24, 2.45) is 5.41 Å². The zero-order chi connectivity index (χ0) is 24.2. The molecule has 34 heavy (non-hydrogen) atoms. The summed E-state index contributed by atoms with van der Waals surface area (Å²) >= 11 is 3.35. The Kier molecular flexibility index (Phi) is 5.70. The highest BCUT2D eigenvalue weighted by Crippen LogP contribution is 2.52. The van der Waals surface area contributed by atoms with Crippen LogP contribution in [0.5, 0.6) is 0 Å². The van der Waals surface area contributed by atoms with Crippen LogP contribution in [0.1, 0.15) is 24.4 Å². The van der Waals surface area contributed by atoms with Gasteiger partial charge in [0.15, 0.2) is 0 Å². The minimum atomic E-state index is -2.83. The van der Waals surface area contributed by atoms with Crippen LogP contribution in [0.2, 0.25) is 0 Å². The third kappa shape index (κ3) is 3.60. The van der Waals surface area contributed by atoms with Gasteiger partial charge in [0, 0.05) is 28.9 Å². The van der Waals surface area contributed by atoms with E-state index in [0.29, 0.717) is 32.5 Å². The van der Waals surface area contributed by atoms with E-state index in [4.69, 9.17) is 11.5 Å². The molecule has 7 nitrogen and oxygen atoms in total. The Bertz CT molecular complexity index is 1380. The first-order valence-electron chi connectivity index (χ1n) is 10.9. The number of nitrogens with two attached hydrogens (primary N) is 2. The molecule has 10 heteroatoms. The lowest BCUT2D eigenvalue weighted by molar-refractivity contribution is -0.103. The maximum absolute atomic E-state index is 14.5. The normalized spacial score (nSPS) is 25.1. The second kappa shape index (κ2) is 8.44. The molecule has 0 spiro atoms. The molecular weight excluding hydrogens is 508 g/mol. The van der Waals surface area contributed by atoms with E-state index in [-0.39, 0.29) is 19.3 Å². The maximum Gasteiger partial charge on any atom is 0.246 e. The van der Waals surface area contributed by atoms with Gasteiger partial charge in [-0.2, -0.15) is 0 Å². The number of nitrogens with zero attached hydrogens (tertiary/aromatic N) is 3. The molecule has 0 saturated heterocycles. The standard InChI is InChI=1S/C24H24BrF2N5O2/c25-15-10-13-2-1-12(9-17(13)31-21(15)29)3-6-24(23(26)27)11-18(19(33)20(24)34)32-8-5-14-16(28)4-7-30-22(14)32/h1-2,4-5,7-10,18-20,23,33-34H,3,6,11H2,(H2,28,30)(H2,29,31)/t18-,19+,20+,24-/m1/s1. The van der Waals surface area contributed by atoms with Gasteiger partial charge in [-0.3, -0.25) is 0 Å². The fraction of sp³-hybridized carbons (Fsp3) is 0.333. The van der Waals surface area contributed by atoms with Gasteiger partial charge in [-0.25, -0.2) is 18.7 Å². The van der Waals surface area contributed by atoms with E-state index in [1.165, 1.54) is 6.20 Å². The molecule has 6 N–H and O–H groups in total. The molecule has 178 valence electrons. The van der Waals surface area contributed by atoms with Crippen LogP contribution in [-0.2, 0) is 6.42 Å². The predicted octanol–water partition coefficient (Wildman–Crippen LogP) is 4.06. The van der Waals surface area contributed by atoms with Gasteiger partial charge in [0.25, 0.3) is 0 Å². The number of pyridine rings is 2. The van der Waals surface area contributed by atoms with Crippen LogP contribution < -0.4 is 11.5 Å². The molecule has 5 rings (SSSR count). The average molecular weight is 532 g/mol. The van der Waals surface area contributed by atoms with Crippen molar-refractivity contribution in [1.82, 2.24) is 14.5 Å². The van der Waals surface area contributed by atoms with Crippen molar-refractivity contribution in [3.8, 4) is 0 Å². The number of benzene rings is 1. The number of halogens is 3. The number of rotatable bonds is 5. The molecule has 3 heterocycles. The SMILES string of the molecule is Nc1nc2cc(CC[C@@]3(C(F)F)C[C@@H](n4ccc5c(N)ccnc54)[C@H](O)[C@@H]3O)ccc2cc1Br. The summed E-state index contributed by atoms with van der Waals surface area (Å²) in [5.41, 5.74) is 12.6. The number of anilines is 2. The number of hydrogen-bond donors (Lipinski definition) is 4. The van der Waals surface area contributed by atoms with E-state index < -0.39 is 30.1 Å². The van der Waals surface area contributed by atoms with E-state index in [1.807, 2.05) is 24.3 Å². The van der Waals surface area contributed by atoms with E-state index in [2.05, 4.69) is 25.9 Å². The van der Waals surface area contributed by atoms with Crippen molar-refractivity contribution in [2.45, 2.75) is 43.9 Å². The van der Waals surface area contributed by atoms with Crippen molar-refractivity contribution >= 4 is 49.4 Å². The maximum atomic E-state index is 14.5. The lowest BCUT2D eigenvalue weighted by Gasteiger charge is -2.32. The molecule has 1 fully saturated rings. The molecule has 0 bridgehead atoms. The van der Waals surface area contributed by atoms with Crippen LogP contribution >= 0.6 is 15.9 Å². The monoisotopic (exact) mass is 531 g/mol. The first-order valence-corrected chi connectivity index (χ1v) is 11.7. The third-order valence-electron chi connectivity index (χ3n) is 7.08. The highest BCUT2D eigenvalue weighted by molar-refractivity contribution is 9.10. The van der Waals surface area contributed by atoms with E-state index in [9.17, 15) is 19.0 Å². The van der Waals surface area contributed by atoms with Gasteiger partial charge in [-0.15, -0.1) is 0 Å². The Morgan fingerprint density at radius 3 is 2.74 bits per heavy atom. The summed E-state index contributed by atoms with van der Waals surface area (Å²) in [6, 6.07) is 10.0. The summed E-state index contributed by atoms with van der Waals surface area (Å²) in [6.07, 6.45) is -2.41. The quantitative estimate of drug-likeness (QED) is 0.308. The van der Waals surface area contributed by atoms with Crippen molar-refractivity contribution in [3.05, 3.63) is 58.8 Å². The van der Waals surface area contributed by atoms with Crippen LogP contribution in [0, 0.1) is 5.41 Å². The predicted molar refractivity (Wildman–Crippen MR) is 130 cm³/mol. The average Bonchev–Trinajstić information content (AvgIpc) is 3.34. The van der Waals surface area contributed by atoms with Gasteiger partial charge in [-0.1, -0.05) is 12.1 Å². The first kappa shape index (κ1) is 22.9. The third-order valence-corrected chi connectivity index (χ3v) is 7.71. The summed E-state index contributed by atoms with van der Waals surface area (Å²) in [7, 11) is 0. The van der Waals surface area contributed by atoms with Crippen LogP contribution in [0.4, 0.5) is 20.3 Å². The smallest absolute Gasteiger partial charge is 0.246 e. The van der Waals surface area contributed by atoms with Crippen molar-refractivity contribution < 1.29 is 19.0 Å². The fourth-order valence-corrected chi connectivity index (χ4v) is 5.44.